The molecule has 18 heavy (non-hydrogen) atoms. The first kappa shape index (κ1) is 11.1. The molecule has 2 aromatic rings. The molecule has 3 N–H and O–H groups in total. The van der Waals surface area contributed by atoms with Crippen LogP contribution in [0.5, 0.6) is 5.75 Å². The zero-order chi connectivity index (χ0) is 12.5. The molecule has 1 unspecified atom stereocenters. The summed E-state index contributed by atoms with van der Waals surface area (Å²) >= 11 is 0. The lowest BCUT2D eigenvalue weighted by atomic mass is 10.0. The number of hydrogen-bond donors (Lipinski definition) is 3. The maximum Gasteiger partial charge on any atom is 0.241 e. The number of piperazine rings is 1. The van der Waals surface area contributed by atoms with Gasteiger partial charge in [-0.15, -0.1) is 0 Å². The molecule has 2 heterocycles. The summed E-state index contributed by atoms with van der Waals surface area (Å²) in [5.74, 6) is 0.724. The Morgan fingerprint density at radius 3 is 3.00 bits per heavy atom. The number of H-pyrrole nitrogens is 1. The number of aromatic nitrogens is 1. The van der Waals surface area contributed by atoms with Crippen LogP contribution in [0.25, 0.3) is 10.9 Å². The Morgan fingerprint density at radius 1 is 1.33 bits per heavy atom. The fraction of sp³-hybridized carbons (Fsp3) is 0.308. The van der Waals surface area contributed by atoms with Gasteiger partial charge in [0, 0.05) is 35.8 Å². The Bertz CT molecular complexity index is 591. The average molecular weight is 245 g/mol. The van der Waals surface area contributed by atoms with E-state index in [-0.39, 0.29) is 11.9 Å². The molecule has 0 bridgehead atoms. The van der Waals surface area contributed by atoms with Gasteiger partial charge in [0.1, 0.15) is 11.8 Å². The van der Waals surface area contributed by atoms with E-state index in [2.05, 4.69) is 15.6 Å². The van der Waals surface area contributed by atoms with Gasteiger partial charge in [0.25, 0.3) is 0 Å². The van der Waals surface area contributed by atoms with Crippen LogP contribution in [-0.4, -0.2) is 31.1 Å². The van der Waals surface area contributed by atoms with E-state index in [9.17, 15) is 4.79 Å². The number of aromatic amines is 1. The minimum absolute atomic E-state index is 0.00884. The first-order valence-corrected chi connectivity index (χ1v) is 5.96. The second-order valence-electron chi connectivity index (χ2n) is 4.34. The molecule has 1 aromatic heterocycles. The van der Waals surface area contributed by atoms with E-state index in [4.69, 9.17) is 4.74 Å². The van der Waals surface area contributed by atoms with Gasteiger partial charge < -0.3 is 20.4 Å². The summed E-state index contributed by atoms with van der Waals surface area (Å²) in [6, 6.07) is 5.55. The molecule has 1 amide bonds. The summed E-state index contributed by atoms with van der Waals surface area (Å²) in [4.78, 5) is 15.0. The van der Waals surface area contributed by atoms with Crippen molar-refractivity contribution in [1.82, 2.24) is 15.6 Å². The highest BCUT2D eigenvalue weighted by molar-refractivity contribution is 5.88. The van der Waals surface area contributed by atoms with Crippen LogP contribution in [0.4, 0.5) is 0 Å². The molecule has 0 saturated carbocycles. The summed E-state index contributed by atoms with van der Waals surface area (Å²) in [6.07, 6.45) is 1.88. The second-order valence-corrected chi connectivity index (χ2v) is 4.34. The lowest BCUT2D eigenvalue weighted by Gasteiger charge is -2.25. The number of benzene rings is 1. The van der Waals surface area contributed by atoms with Crippen LogP contribution >= 0.6 is 0 Å². The van der Waals surface area contributed by atoms with Crippen molar-refractivity contribution >= 4 is 16.8 Å². The number of nitrogens with one attached hydrogen (secondary N) is 3. The maximum absolute atomic E-state index is 11.9. The molecule has 5 nitrogen and oxygen atoms in total. The Kier molecular flexibility index (Phi) is 2.68. The number of fused-ring (bicyclic) bond motifs is 1. The van der Waals surface area contributed by atoms with Crippen molar-refractivity contribution in [3.63, 3.8) is 0 Å². The summed E-state index contributed by atoms with van der Waals surface area (Å²) in [6.45, 7) is 1.44. The van der Waals surface area contributed by atoms with Crippen LogP contribution in [0.1, 0.15) is 11.6 Å². The lowest BCUT2D eigenvalue weighted by Crippen LogP contribution is -2.47. The predicted octanol–water partition coefficient (Wildman–Crippen LogP) is 0.937. The maximum atomic E-state index is 11.9. The van der Waals surface area contributed by atoms with Crippen molar-refractivity contribution in [2.45, 2.75) is 6.04 Å². The SMILES string of the molecule is COc1cc2cc[nH]c2cc1C1NCCNC1=O. The fourth-order valence-corrected chi connectivity index (χ4v) is 2.35. The van der Waals surface area contributed by atoms with Crippen LogP contribution in [0, 0.1) is 0 Å². The van der Waals surface area contributed by atoms with Crippen LogP contribution in [0.2, 0.25) is 0 Å². The van der Waals surface area contributed by atoms with E-state index in [0.717, 1.165) is 28.8 Å². The Hall–Kier alpha value is -2.01. The van der Waals surface area contributed by atoms with Crippen molar-refractivity contribution in [2.24, 2.45) is 0 Å². The number of amides is 1. The Labute approximate surface area is 105 Å². The third-order valence-corrected chi connectivity index (χ3v) is 3.25. The fourth-order valence-electron chi connectivity index (χ4n) is 2.35. The van der Waals surface area contributed by atoms with Crippen LogP contribution < -0.4 is 15.4 Å². The molecule has 0 spiro atoms. The average Bonchev–Trinajstić information content (AvgIpc) is 2.85. The molecular weight excluding hydrogens is 230 g/mol. The van der Waals surface area contributed by atoms with Crippen molar-refractivity contribution < 1.29 is 9.53 Å². The highest BCUT2D eigenvalue weighted by atomic mass is 16.5. The molecule has 1 saturated heterocycles. The summed E-state index contributed by atoms with van der Waals surface area (Å²) in [5.41, 5.74) is 1.87. The molecule has 1 fully saturated rings. The normalized spacial score (nSPS) is 19.8. The molecule has 1 aliphatic rings. The van der Waals surface area contributed by atoms with E-state index in [1.54, 1.807) is 7.11 Å². The monoisotopic (exact) mass is 245 g/mol. The zero-order valence-corrected chi connectivity index (χ0v) is 10.1. The van der Waals surface area contributed by atoms with Crippen LogP contribution in [-0.2, 0) is 4.79 Å². The smallest absolute Gasteiger partial charge is 0.241 e. The summed E-state index contributed by atoms with van der Waals surface area (Å²) < 4.78 is 5.39. The molecule has 1 atom stereocenters. The van der Waals surface area contributed by atoms with Gasteiger partial charge in [-0.1, -0.05) is 0 Å². The first-order chi connectivity index (χ1) is 8.79. The van der Waals surface area contributed by atoms with Crippen molar-refractivity contribution in [3.8, 4) is 5.75 Å². The highest BCUT2D eigenvalue weighted by Gasteiger charge is 2.26. The van der Waals surface area contributed by atoms with Gasteiger partial charge in [-0.25, -0.2) is 0 Å². The van der Waals surface area contributed by atoms with Gasteiger partial charge in [0.15, 0.2) is 0 Å². The van der Waals surface area contributed by atoms with Gasteiger partial charge in [-0.05, 0) is 18.2 Å². The van der Waals surface area contributed by atoms with E-state index in [1.165, 1.54) is 0 Å². The number of rotatable bonds is 2. The molecule has 0 radical (unpaired) electrons. The van der Waals surface area contributed by atoms with Crippen molar-refractivity contribution in [1.29, 1.82) is 0 Å². The van der Waals surface area contributed by atoms with Gasteiger partial charge >= 0.3 is 0 Å². The van der Waals surface area contributed by atoms with E-state index >= 15 is 0 Å². The number of carbonyl (C=O) groups is 1. The number of methoxy groups -OCH3 is 1. The molecule has 0 aliphatic carbocycles. The molecule has 5 heteroatoms. The minimum Gasteiger partial charge on any atom is -0.496 e. The van der Waals surface area contributed by atoms with E-state index in [1.807, 2.05) is 24.4 Å². The van der Waals surface area contributed by atoms with Crippen molar-refractivity contribution in [3.05, 3.63) is 30.0 Å². The third-order valence-electron chi connectivity index (χ3n) is 3.25. The molecule has 3 rings (SSSR count). The van der Waals surface area contributed by atoms with Crippen molar-refractivity contribution in [2.75, 3.05) is 20.2 Å². The van der Waals surface area contributed by atoms with Crippen LogP contribution in [0.15, 0.2) is 24.4 Å². The first-order valence-electron chi connectivity index (χ1n) is 5.96. The van der Waals surface area contributed by atoms with E-state index in [0.29, 0.717) is 6.54 Å². The van der Waals surface area contributed by atoms with Gasteiger partial charge in [-0.2, -0.15) is 0 Å². The largest absolute Gasteiger partial charge is 0.496 e. The minimum atomic E-state index is -0.346. The number of hydrogen-bond acceptors (Lipinski definition) is 3. The summed E-state index contributed by atoms with van der Waals surface area (Å²) in [7, 11) is 1.62. The van der Waals surface area contributed by atoms with Gasteiger partial charge in [-0.3, -0.25) is 4.79 Å². The molecule has 1 aromatic carbocycles. The quantitative estimate of drug-likeness (QED) is 0.737. The zero-order valence-electron chi connectivity index (χ0n) is 10.1. The summed E-state index contributed by atoms with van der Waals surface area (Å²) in [5, 5.41) is 7.14. The molecule has 94 valence electrons. The lowest BCUT2D eigenvalue weighted by molar-refractivity contribution is -0.124. The van der Waals surface area contributed by atoms with Gasteiger partial charge in [0.2, 0.25) is 5.91 Å². The molecule has 1 aliphatic heterocycles. The highest BCUT2D eigenvalue weighted by Crippen LogP contribution is 2.30. The molecular formula is C13H15N3O2. The Balaban J connectivity index is 2.10. The van der Waals surface area contributed by atoms with Crippen LogP contribution in [0.3, 0.4) is 0 Å². The van der Waals surface area contributed by atoms with E-state index < -0.39 is 0 Å². The topological polar surface area (TPSA) is 66.2 Å². The van der Waals surface area contributed by atoms with Gasteiger partial charge in [0.05, 0.1) is 7.11 Å². The number of carbonyl (C=O) groups excluding carboxylic acids is 1. The standard InChI is InChI=1S/C13H15N3O2/c1-18-11-6-8-2-3-14-10(8)7-9(11)12-13(17)16-5-4-15-12/h2-3,6-7,12,14-15H,4-5H2,1H3,(H,16,17). The number of ether oxygens (including phenoxy) is 1. The Morgan fingerprint density at radius 2 is 2.22 bits per heavy atom. The second kappa shape index (κ2) is 4.34. The predicted molar refractivity (Wildman–Crippen MR) is 68.6 cm³/mol. The third kappa shape index (κ3) is 1.73.